The summed E-state index contributed by atoms with van der Waals surface area (Å²) in [5.41, 5.74) is 1.51. The average molecular weight is 298 g/mol. The van der Waals surface area contributed by atoms with E-state index in [4.69, 9.17) is 0 Å². The van der Waals surface area contributed by atoms with Crippen molar-refractivity contribution in [1.29, 1.82) is 0 Å². The summed E-state index contributed by atoms with van der Waals surface area (Å²) >= 11 is 3.39. The topological polar surface area (TPSA) is 29.9 Å². The maximum atomic E-state index is 13.9. The number of hydrogen-bond acceptors (Lipinski definition) is 2. The van der Waals surface area contributed by atoms with Crippen molar-refractivity contribution in [1.82, 2.24) is 15.1 Å². The van der Waals surface area contributed by atoms with Gasteiger partial charge in [-0.15, -0.1) is 0 Å². The first kappa shape index (κ1) is 12.3. The number of hydrogen-bond donors (Lipinski definition) is 1. The summed E-state index contributed by atoms with van der Waals surface area (Å²) in [5.74, 6) is -0.236. The molecule has 1 aromatic heterocycles. The van der Waals surface area contributed by atoms with Gasteiger partial charge in [-0.25, -0.2) is 4.39 Å². The lowest BCUT2D eigenvalue weighted by Crippen LogP contribution is -2.22. The van der Waals surface area contributed by atoms with Gasteiger partial charge in [-0.1, -0.05) is 22.0 Å². The molecule has 0 spiro atoms. The van der Waals surface area contributed by atoms with E-state index in [0.717, 1.165) is 10.2 Å². The highest BCUT2D eigenvalue weighted by molar-refractivity contribution is 9.10. The van der Waals surface area contributed by atoms with Crippen molar-refractivity contribution in [2.45, 2.75) is 6.04 Å². The van der Waals surface area contributed by atoms with Crippen LogP contribution in [0.25, 0.3) is 0 Å². The minimum Gasteiger partial charge on any atom is -0.308 e. The van der Waals surface area contributed by atoms with Gasteiger partial charge in [0.2, 0.25) is 0 Å². The number of rotatable bonds is 3. The van der Waals surface area contributed by atoms with Gasteiger partial charge in [0.15, 0.2) is 0 Å². The molecule has 0 aliphatic rings. The van der Waals surface area contributed by atoms with Crippen LogP contribution < -0.4 is 5.32 Å². The van der Waals surface area contributed by atoms with E-state index < -0.39 is 0 Å². The standard InChI is InChI=1S/C12H13BrFN3/c1-15-12(10-6-7-16-17(10)2)11-8(13)4-3-5-9(11)14/h3-7,12,15H,1-2H3. The van der Waals surface area contributed by atoms with E-state index in [1.165, 1.54) is 6.07 Å². The van der Waals surface area contributed by atoms with E-state index in [9.17, 15) is 4.39 Å². The van der Waals surface area contributed by atoms with Gasteiger partial charge in [-0.05, 0) is 25.2 Å². The van der Waals surface area contributed by atoms with Crippen LogP contribution in [0, 0.1) is 5.82 Å². The van der Waals surface area contributed by atoms with Gasteiger partial charge in [0, 0.05) is 23.3 Å². The van der Waals surface area contributed by atoms with E-state index in [1.54, 1.807) is 24.0 Å². The number of benzene rings is 1. The number of aryl methyl sites for hydroxylation is 1. The molecule has 2 rings (SSSR count). The first-order chi connectivity index (χ1) is 8.15. The Morgan fingerprint density at radius 2 is 2.18 bits per heavy atom. The molecule has 5 heteroatoms. The van der Waals surface area contributed by atoms with Crippen molar-refractivity contribution < 1.29 is 4.39 Å². The number of nitrogens with zero attached hydrogens (tertiary/aromatic N) is 2. The molecule has 1 unspecified atom stereocenters. The zero-order valence-corrected chi connectivity index (χ0v) is 11.2. The molecule has 2 aromatic rings. The molecule has 90 valence electrons. The Morgan fingerprint density at radius 3 is 2.71 bits per heavy atom. The second-order valence-corrected chi connectivity index (χ2v) is 4.59. The van der Waals surface area contributed by atoms with Crippen molar-refractivity contribution >= 4 is 15.9 Å². The molecular weight excluding hydrogens is 285 g/mol. The van der Waals surface area contributed by atoms with Crippen LogP contribution in [0.2, 0.25) is 0 Å². The van der Waals surface area contributed by atoms with Gasteiger partial charge in [0.25, 0.3) is 0 Å². The fraction of sp³-hybridized carbons (Fsp3) is 0.250. The molecule has 0 fully saturated rings. The molecule has 0 aliphatic carbocycles. The summed E-state index contributed by atoms with van der Waals surface area (Å²) < 4.78 is 16.4. The Hall–Kier alpha value is -1.20. The van der Waals surface area contributed by atoms with Gasteiger partial charge in [0.1, 0.15) is 5.82 Å². The largest absolute Gasteiger partial charge is 0.308 e. The minimum absolute atomic E-state index is 0.224. The third-order valence-corrected chi connectivity index (χ3v) is 3.42. The van der Waals surface area contributed by atoms with E-state index in [0.29, 0.717) is 5.56 Å². The third-order valence-electron chi connectivity index (χ3n) is 2.73. The van der Waals surface area contributed by atoms with Crippen molar-refractivity contribution in [2.24, 2.45) is 7.05 Å². The highest BCUT2D eigenvalue weighted by Gasteiger charge is 2.21. The van der Waals surface area contributed by atoms with Crippen LogP contribution in [0.4, 0.5) is 4.39 Å². The van der Waals surface area contributed by atoms with Crippen molar-refractivity contribution in [3.8, 4) is 0 Å². The minimum atomic E-state index is -0.236. The van der Waals surface area contributed by atoms with Crippen LogP contribution in [0.3, 0.4) is 0 Å². The van der Waals surface area contributed by atoms with Gasteiger partial charge in [-0.2, -0.15) is 5.10 Å². The van der Waals surface area contributed by atoms with Crippen LogP contribution in [0.1, 0.15) is 17.3 Å². The molecule has 0 saturated heterocycles. The molecule has 0 saturated carbocycles. The predicted octanol–water partition coefficient (Wildman–Crippen LogP) is 2.63. The normalized spacial score (nSPS) is 12.7. The highest BCUT2D eigenvalue weighted by atomic mass is 79.9. The Bertz CT molecular complexity index is 504. The second-order valence-electron chi connectivity index (χ2n) is 3.74. The molecule has 0 amide bonds. The summed E-state index contributed by atoms with van der Waals surface area (Å²) in [7, 11) is 3.64. The monoisotopic (exact) mass is 297 g/mol. The van der Waals surface area contributed by atoms with Gasteiger partial charge in [-0.3, -0.25) is 4.68 Å². The molecule has 1 heterocycles. The third kappa shape index (κ3) is 2.25. The lowest BCUT2D eigenvalue weighted by Gasteiger charge is -2.19. The van der Waals surface area contributed by atoms with E-state index >= 15 is 0 Å². The molecular formula is C12H13BrFN3. The summed E-state index contributed by atoms with van der Waals surface area (Å²) in [4.78, 5) is 0. The van der Waals surface area contributed by atoms with E-state index in [1.807, 2.05) is 19.2 Å². The maximum Gasteiger partial charge on any atom is 0.129 e. The lowest BCUT2D eigenvalue weighted by atomic mass is 10.0. The van der Waals surface area contributed by atoms with Crippen LogP contribution in [-0.4, -0.2) is 16.8 Å². The van der Waals surface area contributed by atoms with Crippen molar-refractivity contribution in [2.75, 3.05) is 7.05 Å². The van der Waals surface area contributed by atoms with Gasteiger partial charge >= 0.3 is 0 Å². The summed E-state index contributed by atoms with van der Waals surface area (Å²) in [6, 6.07) is 6.62. The van der Waals surface area contributed by atoms with E-state index in [2.05, 4.69) is 26.3 Å². The molecule has 0 radical (unpaired) electrons. The number of nitrogens with one attached hydrogen (secondary N) is 1. The van der Waals surface area contributed by atoms with Crippen LogP contribution in [0.5, 0.6) is 0 Å². The van der Waals surface area contributed by atoms with Crippen molar-refractivity contribution in [3.63, 3.8) is 0 Å². The van der Waals surface area contributed by atoms with Crippen LogP contribution >= 0.6 is 15.9 Å². The van der Waals surface area contributed by atoms with Gasteiger partial charge < -0.3 is 5.32 Å². The summed E-state index contributed by atoms with van der Waals surface area (Å²) in [5, 5.41) is 7.22. The first-order valence-electron chi connectivity index (χ1n) is 5.24. The smallest absolute Gasteiger partial charge is 0.129 e. The van der Waals surface area contributed by atoms with E-state index in [-0.39, 0.29) is 11.9 Å². The SMILES string of the molecule is CNC(c1c(F)cccc1Br)c1ccnn1C. The van der Waals surface area contributed by atoms with Gasteiger partial charge in [0.05, 0.1) is 11.7 Å². The highest BCUT2D eigenvalue weighted by Crippen LogP contribution is 2.30. The average Bonchev–Trinajstić information content (AvgIpc) is 2.70. The quantitative estimate of drug-likeness (QED) is 0.944. The second kappa shape index (κ2) is 4.98. The maximum absolute atomic E-state index is 13.9. The van der Waals surface area contributed by atoms with Crippen LogP contribution in [-0.2, 0) is 7.05 Å². The van der Waals surface area contributed by atoms with Crippen LogP contribution in [0.15, 0.2) is 34.9 Å². The fourth-order valence-corrected chi connectivity index (χ4v) is 2.46. The number of halogens is 2. The summed E-state index contributed by atoms with van der Waals surface area (Å²) in [6.07, 6.45) is 1.70. The molecule has 1 aromatic carbocycles. The Kier molecular flexibility index (Phi) is 3.59. The Morgan fingerprint density at radius 1 is 1.41 bits per heavy atom. The molecule has 1 atom stereocenters. The molecule has 3 nitrogen and oxygen atoms in total. The number of aromatic nitrogens is 2. The molecule has 1 N–H and O–H groups in total. The van der Waals surface area contributed by atoms with Crippen molar-refractivity contribution in [3.05, 3.63) is 52.0 Å². The Balaban J connectivity index is 2.53. The first-order valence-corrected chi connectivity index (χ1v) is 6.03. The fourth-order valence-electron chi connectivity index (χ4n) is 1.89. The zero-order chi connectivity index (χ0) is 12.4. The summed E-state index contributed by atoms with van der Waals surface area (Å²) in [6.45, 7) is 0. The molecule has 17 heavy (non-hydrogen) atoms. The molecule has 0 aliphatic heterocycles. The lowest BCUT2D eigenvalue weighted by molar-refractivity contribution is 0.549. The predicted molar refractivity (Wildman–Crippen MR) is 68.2 cm³/mol. The molecule has 0 bridgehead atoms. The Labute approximate surface area is 108 Å². The zero-order valence-electron chi connectivity index (χ0n) is 9.61.